The minimum Gasteiger partial charge on any atom is -0.457 e. The number of nitrogen functional groups attached to an aromatic ring is 1. The van der Waals surface area contributed by atoms with Gasteiger partial charge in [0.1, 0.15) is 29.3 Å². The summed E-state index contributed by atoms with van der Waals surface area (Å²) in [6.45, 7) is 4.93. The molecule has 0 radical (unpaired) electrons. The number of nitrogens with two attached hydrogens (primary N) is 1. The van der Waals surface area contributed by atoms with E-state index in [0.29, 0.717) is 40.1 Å². The number of hydrogen-bond donors (Lipinski definition) is 1. The Labute approximate surface area is 205 Å². The van der Waals surface area contributed by atoms with Gasteiger partial charge in [0.2, 0.25) is 0 Å². The second kappa shape index (κ2) is 9.26. The lowest BCUT2D eigenvalue weighted by Crippen LogP contribution is -2.41. The molecule has 1 fully saturated rings. The third-order valence-corrected chi connectivity index (χ3v) is 6.23. The molecule has 34 heavy (non-hydrogen) atoms. The molecule has 1 aliphatic rings. The number of halogens is 1. The number of rotatable bonds is 5. The first kappa shape index (κ1) is 22.1. The number of amides is 1. The highest BCUT2D eigenvalue weighted by molar-refractivity contribution is 9.12. The number of ether oxygens (including phenoxy) is 1. The number of para-hydroxylation sites is 1. The van der Waals surface area contributed by atoms with E-state index in [0.717, 1.165) is 29.9 Å². The molecule has 1 amide bonds. The number of carbonyl (C=O) groups excluding carboxylic acids is 1. The van der Waals surface area contributed by atoms with Crippen LogP contribution < -0.4 is 10.5 Å². The van der Waals surface area contributed by atoms with Crippen LogP contribution in [-0.2, 0) is 4.79 Å². The molecule has 2 aromatic heterocycles. The summed E-state index contributed by atoms with van der Waals surface area (Å²) in [5, 5.41) is 5.62. The van der Waals surface area contributed by atoms with Crippen molar-refractivity contribution in [3.05, 3.63) is 72.0 Å². The Morgan fingerprint density at radius 1 is 1.09 bits per heavy atom. The fourth-order valence-electron chi connectivity index (χ4n) is 4.27. The topological polar surface area (TPSA) is 99.2 Å². The van der Waals surface area contributed by atoms with E-state index in [4.69, 9.17) is 15.6 Å². The summed E-state index contributed by atoms with van der Waals surface area (Å²) in [7, 11) is 0. The van der Waals surface area contributed by atoms with Gasteiger partial charge in [-0.15, -0.1) is 0 Å². The molecular formula is C25H23BrN6O2. The Hall–Kier alpha value is -3.72. The highest BCUT2D eigenvalue weighted by atomic mass is 79.9. The van der Waals surface area contributed by atoms with Crippen LogP contribution in [-0.4, -0.2) is 43.6 Å². The molecule has 1 atom stereocenters. The third-order valence-electron chi connectivity index (χ3n) is 5.89. The minimum atomic E-state index is -0.107. The number of benzene rings is 2. The van der Waals surface area contributed by atoms with E-state index in [1.807, 2.05) is 59.3 Å². The lowest BCUT2D eigenvalue weighted by Gasteiger charge is -2.32. The summed E-state index contributed by atoms with van der Waals surface area (Å²) < 4.78 is 8.14. The average molecular weight is 519 g/mol. The van der Waals surface area contributed by atoms with Crippen LogP contribution in [0.25, 0.3) is 22.3 Å². The van der Waals surface area contributed by atoms with Crippen molar-refractivity contribution in [3.63, 3.8) is 0 Å². The lowest BCUT2D eigenvalue weighted by atomic mass is 10.1. The minimum absolute atomic E-state index is 0.0317. The van der Waals surface area contributed by atoms with Crippen molar-refractivity contribution in [2.75, 3.05) is 18.8 Å². The zero-order chi connectivity index (χ0) is 23.7. The molecular weight excluding hydrogens is 496 g/mol. The van der Waals surface area contributed by atoms with E-state index < -0.39 is 0 Å². The molecule has 172 valence electrons. The van der Waals surface area contributed by atoms with Gasteiger partial charge in [0.05, 0.1) is 15.9 Å². The Bertz CT molecular complexity index is 1350. The molecule has 2 aromatic carbocycles. The van der Waals surface area contributed by atoms with Crippen molar-refractivity contribution in [2.45, 2.75) is 18.9 Å². The first-order valence-electron chi connectivity index (χ1n) is 11.0. The van der Waals surface area contributed by atoms with Gasteiger partial charge < -0.3 is 15.4 Å². The Morgan fingerprint density at radius 2 is 1.82 bits per heavy atom. The van der Waals surface area contributed by atoms with Gasteiger partial charge in [-0.05, 0) is 65.2 Å². The quantitative estimate of drug-likeness (QED) is 0.375. The maximum Gasteiger partial charge on any atom is 0.260 e. The van der Waals surface area contributed by atoms with E-state index in [9.17, 15) is 4.79 Å². The molecule has 3 heterocycles. The first-order valence-corrected chi connectivity index (χ1v) is 11.8. The zero-order valence-electron chi connectivity index (χ0n) is 18.4. The number of aromatic nitrogens is 4. The molecule has 9 heteroatoms. The molecule has 1 saturated heterocycles. The van der Waals surface area contributed by atoms with Gasteiger partial charge in [-0.2, -0.15) is 5.10 Å². The Kier molecular flexibility index (Phi) is 6.02. The van der Waals surface area contributed by atoms with Crippen LogP contribution in [0.5, 0.6) is 11.5 Å². The standard InChI is InChI=1S/C25H23BrN6O2/c1-16(26)25(33)31-13-5-6-18(14-31)32-24-21(23(27)28-15-29-24)22(30-32)17-9-11-20(12-10-17)34-19-7-3-2-4-8-19/h2-4,7-12,15,18H,1,5-6,13-14H2,(H2,27,28,29). The van der Waals surface area contributed by atoms with Crippen LogP contribution in [0.1, 0.15) is 18.9 Å². The second-order valence-corrected chi connectivity index (χ2v) is 9.10. The van der Waals surface area contributed by atoms with Gasteiger partial charge in [0, 0.05) is 18.7 Å². The van der Waals surface area contributed by atoms with Gasteiger partial charge >= 0.3 is 0 Å². The highest BCUT2D eigenvalue weighted by Crippen LogP contribution is 2.35. The first-order chi connectivity index (χ1) is 16.5. The van der Waals surface area contributed by atoms with Crippen LogP contribution in [0.15, 0.2) is 72.0 Å². The van der Waals surface area contributed by atoms with Crippen molar-refractivity contribution < 1.29 is 9.53 Å². The number of anilines is 1. The summed E-state index contributed by atoms with van der Waals surface area (Å²) in [4.78, 5) is 23.0. The molecule has 1 unspecified atom stereocenters. The number of carbonyl (C=O) groups is 1. The van der Waals surface area contributed by atoms with Crippen molar-refractivity contribution in [1.29, 1.82) is 0 Å². The number of fused-ring (bicyclic) bond motifs is 1. The van der Waals surface area contributed by atoms with Crippen LogP contribution in [0.2, 0.25) is 0 Å². The van der Waals surface area contributed by atoms with Crippen molar-refractivity contribution in [3.8, 4) is 22.8 Å². The molecule has 5 rings (SSSR count). The fraction of sp³-hybridized carbons (Fsp3) is 0.200. The molecule has 0 bridgehead atoms. The Balaban J connectivity index is 1.49. The monoisotopic (exact) mass is 518 g/mol. The zero-order valence-corrected chi connectivity index (χ0v) is 20.0. The molecule has 2 N–H and O–H groups in total. The molecule has 0 aliphatic carbocycles. The smallest absolute Gasteiger partial charge is 0.260 e. The number of piperidine rings is 1. The van der Waals surface area contributed by atoms with Crippen molar-refractivity contribution >= 4 is 38.7 Å². The van der Waals surface area contributed by atoms with Gasteiger partial charge in [-0.25, -0.2) is 14.6 Å². The number of hydrogen-bond acceptors (Lipinski definition) is 6. The predicted octanol–water partition coefficient (Wildman–Crippen LogP) is 4.94. The van der Waals surface area contributed by atoms with Crippen LogP contribution >= 0.6 is 15.9 Å². The van der Waals surface area contributed by atoms with E-state index in [-0.39, 0.29) is 11.9 Å². The Morgan fingerprint density at radius 3 is 2.56 bits per heavy atom. The number of nitrogens with zero attached hydrogens (tertiary/aromatic N) is 5. The van der Waals surface area contributed by atoms with E-state index in [2.05, 4.69) is 32.5 Å². The van der Waals surface area contributed by atoms with E-state index in [1.165, 1.54) is 6.33 Å². The largest absolute Gasteiger partial charge is 0.457 e. The van der Waals surface area contributed by atoms with Crippen molar-refractivity contribution in [2.24, 2.45) is 0 Å². The summed E-state index contributed by atoms with van der Waals surface area (Å²) in [6.07, 6.45) is 3.19. The predicted molar refractivity (Wildman–Crippen MR) is 135 cm³/mol. The molecule has 1 aliphatic heterocycles. The summed E-state index contributed by atoms with van der Waals surface area (Å²) in [5.41, 5.74) is 8.51. The van der Waals surface area contributed by atoms with Crippen LogP contribution in [0.3, 0.4) is 0 Å². The lowest BCUT2D eigenvalue weighted by molar-refractivity contribution is -0.127. The maximum atomic E-state index is 12.5. The average Bonchev–Trinajstić information content (AvgIpc) is 3.26. The third kappa shape index (κ3) is 4.26. The van der Waals surface area contributed by atoms with E-state index in [1.54, 1.807) is 4.90 Å². The van der Waals surface area contributed by atoms with Crippen molar-refractivity contribution in [1.82, 2.24) is 24.6 Å². The number of likely N-dealkylation sites (tertiary alicyclic amines) is 1. The summed E-state index contributed by atoms with van der Waals surface area (Å²) in [5.74, 6) is 1.75. The van der Waals surface area contributed by atoms with Gasteiger partial charge in [0.15, 0.2) is 5.65 Å². The van der Waals surface area contributed by atoms with Crippen LogP contribution in [0.4, 0.5) is 5.82 Å². The van der Waals surface area contributed by atoms with Gasteiger partial charge in [-0.3, -0.25) is 4.79 Å². The fourth-order valence-corrected chi connectivity index (χ4v) is 4.52. The second-order valence-electron chi connectivity index (χ2n) is 8.14. The van der Waals surface area contributed by atoms with Crippen LogP contribution in [0, 0.1) is 0 Å². The summed E-state index contributed by atoms with van der Waals surface area (Å²) >= 11 is 3.21. The molecule has 4 aromatic rings. The summed E-state index contributed by atoms with van der Waals surface area (Å²) in [6, 6.07) is 17.3. The highest BCUT2D eigenvalue weighted by Gasteiger charge is 2.29. The normalized spacial score (nSPS) is 15.9. The molecule has 0 spiro atoms. The van der Waals surface area contributed by atoms with E-state index >= 15 is 0 Å². The molecule has 8 nitrogen and oxygen atoms in total. The molecule has 0 saturated carbocycles. The maximum absolute atomic E-state index is 12.5. The van der Waals surface area contributed by atoms with Gasteiger partial charge in [-0.1, -0.05) is 24.8 Å². The SMILES string of the molecule is C=C(Br)C(=O)N1CCCC(n2nc(-c3ccc(Oc4ccccc4)cc3)c3c(N)ncnc32)C1. The van der Waals surface area contributed by atoms with Gasteiger partial charge in [0.25, 0.3) is 5.91 Å².